The number of para-hydroxylation sites is 1. The minimum absolute atomic E-state index is 0.607. The fraction of sp³-hybridized carbons (Fsp3) is 0.125. The molecule has 1 heterocycles. The van der Waals surface area contributed by atoms with E-state index in [1.54, 1.807) is 0 Å². The third-order valence-corrected chi connectivity index (χ3v) is 3.15. The highest BCUT2D eigenvalue weighted by Gasteiger charge is 2.08. The molecule has 0 radical (unpaired) electrons. The van der Waals surface area contributed by atoms with Gasteiger partial charge in [0, 0.05) is 11.8 Å². The lowest BCUT2D eigenvalue weighted by Crippen LogP contribution is -2.11. The number of hydrazine groups is 1. The number of benzene rings is 2. The van der Waals surface area contributed by atoms with Crippen LogP contribution in [0, 0.1) is 0 Å². The van der Waals surface area contributed by atoms with E-state index in [9.17, 15) is 0 Å². The fourth-order valence-electron chi connectivity index (χ4n) is 2.11. The summed E-state index contributed by atoms with van der Waals surface area (Å²) >= 11 is 0. The molecule has 3 N–H and O–H groups in total. The second-order valence-corrected chi connectivity index (χ2v) is 4.58. The van der Waals surface area contributed by atoms with Crippen LogP contribution in [0.2, 0.25) is 0 Å². The Morgan fingerprint density at radius 2 is 1.86 bits per heavy atom. The number of nitrogens with zero attached hydrogens (tertiary/aromatic N) is 2. The first-order valence-corrected chi connectivity index (χ1v) is 6.80. The van der Waals surface area contributed by atoms with Crippen LogP contribution in [0.3, 0.4) is 0 Å². The van der Waals surface area contributed by atoms with Gasteiger partial charge in [0.15, 0.2) is 5.82 Å². The number of aryl methyl sites for hydroxylation is 1. The van der Waals surface area contributed by atoms with Gasteiger partial charge in [-0.25, -0.2) is 15.8 Å². The maximum atomic E-state index is 5.82. The van der Waals surface area contributed by atoms with Crippen molar-refractivity contribution in [2.24, 2.45) is 5.84 Å². The van der Waals surface area contributed by atoms with Gasteiger partial charge in [-0.2, -0.15) is 0 Å². The summed E-state index contributed by atoms with van der Waals surface area (Å²) in [6.45, 7) is 2.01. The second-order valence-electron chi connectivity index (χ2n) is 4.58. The zero-order valence-electron chi connectivity index (χ0n) is 11.7. The van der Waals surface area contributed by atoms with Crippen molar-refractivity contribution < 1.29 is 4.74 Å². The van der Waals surface area contributed by atoms with Gasteiger partial charge >= 0.3 is 0 Å². The number of hydrogen-bond donors (Lipinski definition) is 2. The van der Waals surface area contributed by atoms with Crippen molar-refractivity contribution in [3.63, 3.8) is 0 Å². The highest BCUT2D eigenvalue weighted by molar-refractivity contribution is 5.90. The van der Waals surface area contributed by atoms with E-state index in [0.29, 0.717) is 5.82 Å². The van der Waals surface area contributed by atoms with Crippen LogP contribution >= 0.6 is 0 Å². The van der Waals surface area contributed by atoms with E-state index in [2.05, 4.69) is 15.4 Å². The van der Waals surface area contributed by atoms with Crippen LogP contribution in [0.1, 0.15) is 12.7 Å². The van der Waals surface area contributed by atoms with Gasteiger partial charge in [-0.05, 0) is 30.3 Å². The smallest absolute Gasteiger partial charge is 0.151 e. The van der Waals surface area contributed by atoms with Crippen molar-refractivity contribution in [1.82, 2.24) is 9.97 Å². The topological polar surface area (TPSA) is 73.1 Å². The summed E-state index contributed by atoms with van der Waals surface area (Å²) < 4.78 is 5.82. The van der Waals surface area contributed by atoms with Crippen molar-refractivity contribution in [3.05, 3.63) is 54.4 Å². The number of rotatable bonds is 4. The molecule has 0 bridgehead atoms. The van der Waals surface area contributed by atoms with Crippen LogP contribution in [0.4, 0.5) is 5.82 Å². The van der Waals surface area contributed by atoms with Gasteiger partial charge in [0.05, 0.1) is 5.52 Å². The molecule has 0 aliphatic rings. The normalized spacial score (nSPS) is 10.6. The molecule has 2 aromatic carbocycles. The Morgan fingerprint density at radius 1 is 1.05 bits per heavy atom. The summed E-state index contributed by atoms with van der Waals surface area (Å²) in [5, 5.41) is 0.836. The lowest BCUT2D eigenvalue weighted by molar-refractivity contribution is 0.483. The molecule has 0 unspecified atom stereocenters. The van der Waals surface area contributed by atoms with Crippen molar-refractivity contribution in [2.75, 3.05) is 5.43 Å². The summed E-state index contributed by atoms with van der Waals surface area (Å²) in [6.07, 6.45) is 0.757. The van der Waals surface area contributed by atoms with Gasteiger partial charge in [0.2, 0.25) is 0 Å². The molecule has 3 aromatic rings. The Bertz CT molecular complexity index is 759. The molecule has 0 atom stereocenters. The predicted molar refractivity (Wildman–Crippen MR) is 83.2 cm³/mol. The number of hydrogen-bond acceptors (Lipinski definition) is 5. The summed E-state index contributed by atoms with van der Waals surface area (Å²) in [7, 11) is 0. The quantitative estimate of drug-likeness (QED) is 0.567. The number of aromatic nitrogens is 2. The first-order chi connectivity index (χ1) is 10.3. The predicted octanol–water partition coefficient (Wildman–Crippen LogP) is 3.27. The van der Waals surface area contributed by atoms with Crippen LogP contribution < -0.4 is 16.0 Å². The monoisotopic (exact) mass is 280 g/mol. The number of nitrogens with one attached hydrogen (secondary N) is 1. The SMILES string of the molecule is CCc1nc(NN)c2cc(Oc3ccccc3)ccc2n1. The zero-order valence-corrected chi connectivity index (χ0v) is 11.7. The van der Waals surface area contributed by atoms with E-state index in [4.69, 9.17) is 10.6 Å². The average molecular weight is 280 g/mol. The molecule has 1 aromatic heterocycles. The summed E-state index contributed by atoms with van der Waals surface area (Å²) in [6, 6.07) is 15.3. The number of nitrogens with two attached hydrogens (primary N) is 1. The van der Waals surface area contributed by atoms with Gasteiger partial charge in [0.1, 0.15) is 17.3 Å². The van der Waals surface area contributed by atoms with Crippen molar-refractivity contribution in [3.8, 4) is 11.5 Å². The molecule has 0 amide bonds. The Morgan fingerprint density at radius 3 is 2.57 bits per heavy atom. The van der Waals surface area contributed by atoms with E-state index in [1.165, 1.54) is 0 Å². The average Bonchev–Trinajstić information content (AvgIpc) is 2.54. The molecule has 0 saturated carbocycles. The van der Waals surface area contributed by atoms with Crippen molar-refractivity contribution >= 4 is 16.7 Å². The molecule has 5 heteroatoms. The number of ether oxygens (including phenoxy) is 1. The highest BCUT2D eigenvalue weighted by Crippen LogP contribution is 2.28. The molecule has 106 valence electrons. The molecule has 3 rings (SSSR count). The summed E-state index contributed by atoms with van der Waals surface area (Å²) in [5.41, 5.74) is 3.47. The van der Waals surface area contributed by atoms with E-state index < -0.39 is 0 Å². The zero-order chi connectivity index (χ0) is 14.7. The third kappa shape index (κ3) is 2.78. The highest BCUT2D eigenvalue weighted by atomic mass is 16.5. The van der Waals surface area contributed by atoms with E-state index in [0.717, 1.165) is 34.6 Å². The lowest BCUT2D eigenvalue weighted by Gasteiger charge is -2.10. The first-order valence-electron chi connectivity index (χ1n) is 6.80. The largest absolute Gasteiger partial charge is 0.457 e. The van der Waals surface area contributed by atoms with E-state index in [-0.39, 0.29) is 0 Å². The van der Waals surface area contributed by atoms with Gasteiger partial charge in [-0.15, -0.1) is 0 Å². The number of fused-ring (bicyclic) bond motifs is 1. The number of anilines is 1. The molecular formula is C16H16N4O. The molecule has 0 spiro atoms. The molecule has 0 aliphatic carbocycles. The van der Waals surface area contributed by atoms with Crippen LogP contribution in [0.25, 0.3) is 10.9 Å². The minimum Gasteiger partial charge on any atom is -0.457 e. The van der Waals surface area contributed by atoms with E-state index >= 15 is 0 Å². The van der Waals surface area contributed by atoms with Crippen molar-refractivity contribution in [1.29, 1.82) is 0 Å². The Balaban J connectivity index is 2.03. The summed E-state index contributed by atoms with van der Waals surface area (Å²) in [5.74, 6) is 8.43. The molecule has 21 heavy (non-hydrogen) atoms. The van der Waals surface area contributed by atoms with Crippen LogP contribution in [-0.4, -0.2) is 9.97 Å². The van der Waals surface area contributed by atoms with Gasteiger partial charge < -0.3 is 10.2 Å². The maximum Gasteiger partial charge on any atom is 0.151 e. The second kappa shape index (κ2) is 5.76. The summed E-state index contributed by atoms with van der Waals surface area (Å²) in [4.78, 5) is 8.87. The van der Waals surface area contributed by atoms with Gasteiger partial charge in [0.25, 0.3) is 0 Å². The third-order valence-electron chi connectivity index (χ3n) is 3.15. The number of nitrogen functional groups attached to an aromatic ring is 1. The molecule has 5 nitrogen and oxygen atoms in total. The van der Waals surface area contributed by atoms with Crippen LogP contribution in [0.15, 0.2) is 48.5 Å². The van der Waals surface area contributed by atoms with E-state index in [1.807, 2.05) is 55.5 Å². The standard InChI is InChI=1S/C16H16N4O/c1-2-15-18-14-9-8-12(10-13(14)16(19-15)20-17)21-11-6-4-3-5-7-11/h3-10H,2,17H2,1H3,(H,18,19,20). The van der Waals surface area contributed by atoms with Crippen LogP contribution in [0.5, 0.6) is 11.5 Å². The molecule has 0 saturated heterocycles. The maximum absolute atomic E-state index is 5.82. The lowest BCUT2D eigenvalue weighted by atomic mass is 10.2. The Kier molecular flexibility index (Phi) is 3.66. The fourth-order valence-corrected chi connectivity index (χ4v) is 2.11. The molecule has 0 aliphatic heterocycles. The van der Waals surface area contributed by atoms with Gasteiger partial charge in [-0.3, -0.25) is 0 Å². The Hall–Kier alpha value is -2.66. The van der Waals surface area contributed by atoms with Crippen LogP contribution in [-0.2, 0) is 6.42 Å². The first kappa shape index (κ1) is 13.3. The molecular weight excluding hydrogens is 264 g/mol. The Labute approximate surface area is 122 Å². The van der Waals surface area contributed by atoms with Gasteiger partial charge in [-0.1, -0.05) is 25.1 Å². The van der Waals surface area contributed by atoms with Crippen molar-refractivity contribution in [2.45, 2.75) is 13.3 Å². The molecule has 0 fully saturated rings. The minimum atomic E-state index is 0.607.